The lowest BCUT2D eigenvalue weighted by atomic mass is 9.95. The second-order valence-electron chi connectivity index (χ2n) is 5.44. The van der Waals surface area contributed by atoms with Crippen LogP contribution in [0.15, 0.2) is 41.3 Å². The van der Waals surface area contributed by atoms with Crippen LogP contribution in [0.2, 0.25) is 0 Å². The van der Waals surface area contributed by atoms with E-state index in [2.05, 4.69) is 26.8 Å². The second kappa shape index (κ2) is 5.51. The van der Waals surface area contributed by atoms with E-state index in [0.29, 0.717) is 0 Å². The topological polar surface area (TPSA) is 17.1 Å². The molecule has 0 bridgehead atoms. The predicted octanol–water partition coefficient (Wildman–Crippen LogP) is 5.00. The predicted molar refractivity (Wildman–Crippen MR) is 84.7 cm³/mol. The number of ketones is 1. The van der Waals surface area contributed by atoms with Gasteiger partial charge in [0.25, 0.3) is 0 Å². The Morgan fingerprint density at radius 2 is 1.79 bits per heavy atom. The van der Waals surface area contributed by atoms with E-state index < -0.39 is 0 Å². The summed E-state index contributed by atoms with van der Waals surface area (Å²) in [4.78, 5) is 15.7. The summed E-state index contributed by atoms with van der Waals surface area (Å²) in [5.41, 5.74) is 0.902. The molecule has 0 fully saturated rings. The van der Waals surface area contributed by atoms with Crippen molar-refractivity contribution < 1.29 is 4.79 Å². The smallest absolute Gasteiger partial charge is 0.204 e. The van der Waals surface area contributed by atoms with Crippen LogP contribution >= 0.6 is 23.1 Å². The minimum atomic E-state index is 0.0994. The van der Waals surface area contributed by atoms with Crippen LogP contribution in [0.3, 0.4) is 0 Å². The summed E-state index contributed by atoms with van der Waals surface area (Å²) in [6.45, 7) is 6.51. The number of hydrogen-bond acceptors (Lipinski definition) is 3. The largest absolute Gasteiger partial charge is 0.288 e. The highest BCUT2D eigenvalue weighted by Gasteiger charge is 2.20. The van der Waals surface area contributed by atoms with Crippen LogP contribution < -0.4 is 0 Å². The second-order valence-corrected chi connectivity index (χ2v) is 7.38. The first-order valence-electron chi connectivity index (χ1n) is 6.21. The number of rotatable bonds is 3. The molecular formula is C16H18OS2. The Hall–Kier alpha value is -1.06. The van der Waals surface area contributed by atoms with Gasteiger partial charge >= 0.3 is 0 Å². The lowest BCUT2D eigenvalue weighted by Gasteiger charge is -2.15. The maximum atomic E-state index is 12.6. The monoisotopic (exact) mass is 290 g/mol. The average molecular weight is 290 g/mol. The number of hydrogen-bond donors (Lipinski definition) is 0. The SMILES string of the molecule is CSc1ccccc1C(=O)c1ccc(C(C)(C)C)s1. The lowest BCUT2D eigenvalue weighted by Crippen LogP contribution is -2.08. The highest BCUT2D eigenvalue weighted by molar-refractivity contribution is 7.98. The normalized spacial score (nSPS) is 11.6. The van der Waals surface area contributed by atoms with Gasteiger partial charge in [0.1, 0.15) is 0 Å². The summed E-state index contributed by atoms with van der Waals surface area (Å²) < 4.78 is 0. The zero-order valence-corrected chi connectivity index (χ0v) is 13.3. The Morgan fingerprint density at radius 3 is 2.37 bits per heavy atom. The van der Waals surface area contributed by atoms with Gasteiger partial charge in [-0.25, -0.2) is 0 Å². The van der Waals surface area contributed by atoms with Gasteiger partial charge in [-0.05, 0) is 35.9 Å². The van der Waals surface area contributed by atoms with Crippen LogP contribution in [0.25, 0.3) is 0 Å². The summed E-state index contributed by atoms with van der Waals surface area (Å²) in [6.07, 6.45) is 2.00. The van der Waals surface area contributed by atoms with Gasteiger partial charge in [-0.2, -0.15) is 0 Å². The summed E-state index contributed by atoms with van der Waals surface area (Å²) in [5, 5.41) is 0. The van der Waals surface area contributed by atoms with E-state index >= 15 is 0 Å². The van der Waals surface area contributed by atoms with Crippen LogP contribution in [-0.2, 0) is 5.41 Å². The van der Waals surface area contributed by atoms with Crippen molar-refractivity contribution in [3.8, 4) is 0 Å². The molecule has 2 rings (SSSR count). The Balaban J connectivity index is 2.37. The molecule has 1 aromatic carbocycles. The fourth-order valence-corrected chi connectivity index (χ4v) is 3.44. The first-order valence-corrected chi connectivity index (χ1v) is 8.25. The molecule has 0 radical (unpaired) electrons. The maximum absolute atomic E-state index is 12.6. The van der Waals surface area contributed by atoms with Crippen molar-refractivity contribution in [3.63, 3.8) is 0 Å². The van der Waals surface area contributed by atoms with Gasteiger partial charge < -0.3 is 0 Å². The zero-order chi connectivity index (χ0) is 14.0. The van der Waals surface area contributed by atoms with Crippen molar-refractivity contribution in [2.24, 2.45) is 0 Å². The molecule has 0 aliphatic rings. The van der Waals surface area contributed by atoms with Gasteiger partial charge in [0, 0.05) is 15.3 Å². The number of benzene rings is 1. The van der Waals surface area contributed by atoms with Gasteiger partial charge in [-0.15, -0.1) is 23.1 Å². The minimum Gasteiger partial charge on any atom is -0.288 e. The van der Waals surface area contributed by atoms with E-state index in [0.717, 1.165) is 15.3 Å². The fourth-order valence-electron chi connectivity index (χ4n) is 1.83. The van der Waals surface area contributed by atoms with Gasteiger partial charge in [-0.1, -0.05) is 32.9 Å². The Kier molecular flexibility index (Phi) is 4.16. The van der Waals surface area contributed by atoms with Crippen LogP contribution in [0.4, 0.5) is 0 Å². The summed E-state index contributed by atoms with van der Waals surface area (Å²) in [7, 11) is 0. The molecule has 1 heterocycles. The first kappa shape index (κ1) is 14.4. The van der Waals surface area contributed by atoms with E-state index in [1.54, 1.807) is 23.1 Å². The first-order chi connectivity index (χ1) is 8.93. The Morgan fingerprint density at radius 1 is 1.11 bits per heavy atom. The quantitative estimate of drug-likeness (QED) is 0.584. The van der Waals surface area contributed by atoms with Crippen LogP contribution in [-0.4, -0.2) is 12.0 Å². The molecule has 0 spiro atoms. The van der Waals surface area contributed by atoms with Crippen molar-refractivity contribution in [2.75, 3.05) is 6.26 Å². The summed E-state index contributed by atoms with van der Waals surface area (Å²) in [5.74, 6) is 0.130. The summed E-state index contributed by atoms with van der Waals surface area (Å²) in [6, 6.07) is 11.8. The third-order valence-electron chi connectivity index (χ3n) is 2.92. The van der Waals surface area contributed by atoms with Crippen molar-refractivity contribution in [1.82, 2.24) is 0 Å². The molecule has 0 atom stereocenters. The number of thioether (sulfide) groups is 1. The van der Waals surface area contributed by atoms with Crippen molar-refractivity contribution >= 4 is 28.9 Å². The summed E-state index contributed by atoms with van der Waals surface area (Å²) >= 11 is 3.22. The van der Waals surface area contributed by atoms with E-state index in [1.165, 1.54) is 4.88 Å². The minimum absolute atomic E-state index is 0.0994. The Bertz CT molecular complexity index is 591. The van der Waals surface area contributed by atoms with Crippen molar-refractivity contribution in [1.29, 1.82) is 0 Å². The highest BCUT2D eigenvalue weighted by atomic mass is 32.2. The van der Waals surface area contributed by atoms with Gasteiger partial charge in [0.2, 0.25) is 5.78 Å². The van der Waals surface area contributed by atoms with Crippen LogP contribution in [0.1, 0.15) is 40.9 Å². The molecule has 0 amide bonds. The van der Waals surface area contributed by atoms with Crippen molar-refractivity contribution in [2.45, 2.75) is 31.1 Å². The highest BCUT2D eigenvalue weighted by Crippen LogP contribution is 2.32. The van der Waals surface area contributed by atoms with Crippen molar-refractivity contribution in [3.05, 3.63) is 51.7 Å². The molecule has 0 aliphatic heterocycles. The number of carbonyl (C=O) groups is 1. The van der Waals surface area contributed by atoms with Gasteiger partial charge in [0.15, 0.2) is 0 Å². The number of thiophene rings is 1. The molecule has 0 saturated heterocycles. The molecule has 0 N–H and O–H groups in total. The molecule has 1 aromatic heterocycles. The maximum Gasteiger partial charge on any atom is 0.204 e. The molecule has 19 heavy (non-hydrogen) atoms. The van der Waals surface area contributed by atoms with E-state index in [-0.39, 0.29) is 11.2 Å². The van der Waals surface area contributed by atoms with Crippen LogP contribution in [0, 0.1) is 0 Å². The standard InChI is InChI=1S/C16H18OS2/c1-16(2,3)14-10-9-13(19-14)15(17)11-7-5-6-8-12(11)18-4/h5-10H,1-4H3. The molecular weight excluding hydrogens is 272 g/mol. The van der Waals surface area contributed by atoms with E-state index in [1.807, 2.05) is 36.6 Å². The molecule has 0 unspecified atom stereocenters. The van der Waals surface area contributed by atoms with Crippen LogP contribution in [0.5, 0.6) is 0 Å². The third kappa shape index (κ3) is 3.10. The zero-order valence-electron chi connectivity index (χ0n) is 11.7. The van der Waals surface area contributed by atoms with E-state index in [9.17, 15) is 4.79 Å². The fraction of sp³-hybridized carbons (Fsp3) is 0.312. The third-order valence-corrected chi connectivity index (χ3v) is 5.23. The molecule has 0 saturated carbocycles. The Labute approximate surface area is 123 Å². The molecule has 100 valence electrons. The van der Waals surface area contributed by atoms with Gasteiger partial charge in [0.05, 0.1) is 4.88 Å². The molecule has 2 aromatic rings. The molecule has 0 aliphatic carbocycles. The van der Waals surface area contributed by atoms with Gasteiger partial charge in [-0.3, -0.25) is 4.79 Å². The lowest BCUT2D eigenvalue weighted by molar-refractivity contribution is 0.104. The molecule has 1 nitrogen and oxygen atoms in total. The average Bonchev–Trinajstić information content (AvgIpc) is 2.87. The number of carbonyl (C=O) groups excluding carboxylic acids is 1. The van der Waals surface area contributed by atoms with E-state index in [4.69, 9.17) is 0 Å². The molecule has 3 heteroatoms.